The molecule has 0 spiro atoms. The van der Waals surface area contributed by atoms with Crippen molar-refractivity contribution in [1.82, 2.24) is 15.2 Å². The van der Waals surface area contributed by atoms with Crippen LogP contribution in [0.4, 0.5) is 17.4 Å². The summed E-state index contributed by atoms with van der Waals surface area (Å²) in [6.07, 6.45) is 8.63. The highest BCUT2D eigenvalue weighted by molar-refractivity contribution is 6.31. The average Bonchev–Trinajstić information content (AvgIpc) is 3.34. The zero-order chi connectivity index (χ0) is 24.9. The third-order valence-electron chi connectivity index (χ3n) is 4.93. The van der Waals surface area contributed by atoms with Gasteiger partial charge in [-0.25, -0.2) is 0 Å². The number of amides is 1. The van der Waals surface area contributed by atoms with E-state index in [1.807, 2.05) is 13.0 Å². The molecule has 34 heavy (non-hydrogen) atoms. The third-order valence-corrected chi connectivity index (χ3v) is 5.33. The number of aliphatic hydroxyl groups is 1. The number of aryl methyl sites for hydroxylation is 1. The topological polar surface area (TPSA) is 150 Å². The van der Waals surface area contributed by atoms with Crippen molar-refractivity contribution in [3.8, 4) is 0 Å². The van der Waals surface area contributed by atoms with Crippen LogP contribution in [0.1, 0.15) is 48.4 Å². The van der Waals surface area contributed by atoms with E-state index >= 15 is 0 Å². The van der Waals surface area contributed by atoms with Gasteiger partial charge in [0.25, 0.3) is 0 Å². The molecule has 0 radical (unpaired) electrons. The number of hydrogen-bond donors (Lipinski definition) is 4. The van der Waals surface area contributed by atoms with E-state index in [-0.39, 0.29) is 17.5 Å². The van der Waals surface area contributed by atoms with Gasteiger partial charge < -0.3 is 29.9 Å². The summed E-state index contributed by atoms with van der Waals surface area (Å²) in [7, 11) is 1.00. The Morgan fingerprint density at radius 1 is 1.15 bits per heavy atom. The number of hydrogen-bond acceptors (Lipinski definition) is 8. The largest absolute Gasteiger partial charge is 0.400 e. The molecule has 11 heteroatoms. The number of aldehydes is 1. The number of benzene rings is 1. The Hall–Kier alpha value is -3.50. The number of pyridine rings is 1. The fourth-order valence-electron chi connectivity index (χ4n) is 3.10. The lowest BCUT2D eigenvalue weighted by molar-refractivity contribution is -0.111. The first-order chi connectivity index (χ1) is 16.4. The molecule has 2 aromatic heterocycles. The van der Waals surface area contributed by atoms with Gasteiger partial charge in [0, 0.05) is 36.0 Å². The highest BCUT2D eigenvalue weighted by Gasteiger charge is 2.15. The van der Waals surface area contributed by atoms with E-state index in [9.17, 15) is 14.4 Å². The minimum Gasteiger partial charge on any atom is -0.400 e. The van der Waals surface area contributed by atoms with Crippen LogP contribution in [0.15, 0.2) is 45.7 Å². The Balaban J connectivity index is 0.000000343. The van der Waals surface area contributed by atoms with Crippen molar-refractivity contribution in [2.45, 2.75) is 39.0 Å². The summed E-state index contributed by atoms with van der Waals surface area (Å²) in [5.74, 6) is -0.407. The number of aromatic nitrogens is 3. The summed E-state index contributed by atoms with van der Waals surface area (Å²) in [6.45, 7) is 1.89. The van der Waals surface area contributed by atoms with Gasteiger partial charge in [0.05, 0.1) is 5.69 Å². The second-order valence-electron chi connectivity index (χ2n) is 7.43. The molecule has 0 unspecified atom stereocenters. The Kier molecular flexibility index (Phi) is 10.9. The zero-order valence-electron chi connectivity index (χ0n) is 19.0. The molecule has 1 saturated carbocycles. The quantitative estimate of drug-likeness (QED) is 0.391. The first-order valence-corrected chi connectivity index (χ1v) is 11.1. The van der Waals surface area contributed by atoms with Crippen LogP contribution in [0.3, 0.4) is 0 Å². The Morgan fingerprint density at radius 3 is 2.44 bits per heavy atom. The van der Waals surface area contributed by atoms with Gasteiger partial charge in [-0.2, -0.15) is 0 Å². The van der Waals surface area contributed by atoms with E-state index < -0.39 is 5.91 Å². The number of nitrogens with one attached hydrogen (secondary N) is 3. The van der Waals surface area contributed by atoms with Gasteiger partial charge in [-0.15, -0.1) is 5.10 Å². The number of rotatable bonds is 5. The van der Waals surface area contributed by atoms with Crippen molar-refractivity contribution in [1.29, 1.82) is 0 Å². The van der Waals surface area contributed by atoms with Crippen molar-refractivity contribution < 1.29 is 19.1 Å². The van der Waals surface area contributed by atoms with Crippen molar-refractivity contribution in [2.75, 3.05) is 17.7 Å². The Morgan fingerprint density at radius 2 is 1.85 bits per heavy atom. The lowest BCUT2D eigenvalue weighted by Crippen LogP contribution is -2.14. The fourth-order valence-corrected chi connectivity index (χ4v) is 3.28. The number of H-pyrrole nitrogens is 1. The molecule has 3 aromatic rings. The molecular weight excluding hydrogens is 462 g/mol. The van der Waals surface area contributed by atoms with Crippen LogP contribution in [0.25, 0.3) is 0 Å². The van der Waals surface area contributed by atoms with E-state index in [1.54, 1.807) is 12.1 Å². The number of aromatic amines is 1. The second kappa shape index (κ2) is 13.9. The van der Waals surface area contributed by atoms with E-state index in [0.29, 0.717) is 22.3 Å². The van der Waals surface area contributed by atoms with E-state index in [0.717, 1.165) is 31.8 Å². The van der Waals surface area contributed by atoms with E-state index in [1.165, 1.54) is 37.6 Å². The number of anilines is 3. The summed E-state index contributed by atoms with van der Waals surface area (Å²) in [5.41, 5.74) is 1.72. The molecule has 0 saturated heterocycles. The highest BCUT2D eigenvalue weighted by atomic mass is 35.5. The molecule has 4 N–H and O–H groups in total. The number of halogens is 1. The fraction of sp³-hybridized carbons (Fsp3) is 0.348. The second-order valence-corrected chi connectivity index (χ2v) is 7.84. The number of aliphatic hydroxyl groups excluding tert-OH is 1. The van der Waals surface area contributed by atoms with Crippen LogP contribution in [0.2, 0.25) is 5.02 Å². The smallest absolute Gasteiger partial charge is 0.320 e. The summed E-state index contributed by atoms with van der Waals surface area (Å²) in [4.78, 5) is 35.6. The van der Waals surface area contributed by atoms with Gasteiger partial charge >= 0.3 is 17.8 Å². The number of carbonyl (C=O) groups excluding carboxylic acids is 2. The SMILES string of the molecule is CO.Cc1ccc(Nc2nnc(C(=O)Nc3ccc(=O)[nH]c3)o2)cc1Cl.O=CC1CCCCC1. The van der Waals surface area contributed by atoms with Crippen LogP contribution >= 0.6 is 11.6 Å². The standard InChI is InChI=1S/C15H12ClN5O3.C7H12O.CH4O/c1-8-2-3-9(6-11(8)16)19-15-21-20-14(24-15)13(23)18-10-4-5-12(22)17-7-10;8-6-7-4-2-1-3-5-7;1-2/h2-7H,1H3,(H,17,22)(H,18,23)(H,19,21);6-7H,1-5H2;2H,1H3. The maximum Gasteiger partial charge on any atom is 0.320 e. The molecule has 1 aromatic carbocycles. The molecule has 0 bridgehead atoms. The molecular formula is C23H28ClN5O5. The Bertz CT molecular complexity index is 1100. The first-order valence-electron chi connectivity index (χ1n) is 10.7. The third kappa shape index (κ3) is 8.45. The molecule has 1 aliphatic rings. The van der Waals surface area contributed by atoms with Crippen molar-refractivity contribution in [3.05, 3.63) is 63.4 Å². The van der Waals surface area contributed by atoms with Gasteiger partial charge in [-0.1, -0.05) is 42.0 Å². The minimum atomic E-state index is -0.593. The summed E-state index contributed by atoms with van der Waals surface area (Å²) in [6, 6.07) is 8.15. The summed E-state index contributed by atoms with van der Waals surface area (Å²) in [5, 5.41) is 20.4. The van der Waals surface area contributed by atoms with Crippen molar-refractivity contribution in [3.63, 3.8) is 0 Å². The lowest BCUT2D eigenvalue weighted by Gasteiger charge is -2.14. The van der Waals surface area contributed by atoms with Crippen LogP contribution < -0.4 is 16.2 Å². The molecule has 1 amide bonds. The van der Waals surface area contributed by atoms with Gasteiger partial charge in [0.15, 0.2) is 0 Å². The molecule has 0 atom stereocenters. The van der Waals surface area contributed by atoms with Crippen molar-refractivity contribution >= 4 is 41.2 Å². The van der Waals surface area contributed by atoms with Crippen LogP contribution in [0, 0.1) is 12.8 Å². The average molecular weight is 490 g/mol. The van der Waals surface area contributed by atoms with E-state index in [2.05, 4.69) is 25.8 Å². The minimum absolute atomic E-state index is 0.0570. The molecule has 1 fully saturated rings. The maximum atomic E-state index is 12.0. The lowest BCUT2D eigenvalue weighted by atomic mass is 9.91. The van der Waals surface area contributed by atoms with E-state index in [4.69, 9.17) is 21.1 Å². The Labute approximate surface area is 201 Å². The zero-order valence-corrected chi connectivity index (χ0v) is 19.8. The monoisotopic (exact) mass is 489 g/mol. The summed E-state index contributed by atoms with van der Waals surface area (Å²) >= 11 is 6.04. The first kappa shape index (κ1) is 26.7. The molecule has 182 valence electrons. The van der Waals surface area contributed by atoms with Gasteiger partial charge in [0.1, 0.15) is 6.29 Å². The summed E-state index contributed by atoms with van der Waals surface area (Å²) < 4.78 is 5.26. The van der Waals surface area contributed by atoms with Crippen LogP contribution in [0.5, 0.6) is 0 Å². The molecule has 1 aliphatic carbocycles. The predicted molar refractivity (Wildman–Crippen MR) is 130 cm³/mol. The van der Waals surface area contributed by atoms with Gasteiger partial charge in [-0.3, -0.25) is 9.59 Å². The molecule has 2 heterocycles. The van der Waals surface area contributed by atoms with Crippen LogP contribution in [-0.2, 0) is 4.79 Å². The van der Waals surface area contributed by atoms with Gasteiger partial charge in [0.2, 0.25) is 5.56 Å². The predicted octanol–water partition coefficient (Wildman–Crippen LogP) is 4.09. The molecule has 10 nitrogen and oxygen atoms in total. The van der Waals surface area contributed by atoms with Crippen molar-refractivity contribution in [2.24, 2.45) is 5.92 Å². The van der Waals surface area contributed by atoms with Gasteiger partial charge in [-0.05, 0) is 43.5 Å². The maximum absolute atomic E-state index is 12.0. The normalized spacial score (nSPS) is 12.9. The molecule has 4 rings (SSSR count). The number of carbonyl (C=O) groups is 2. The molecule has 0 aliphatic heterocycles. The number of nitrogens with zero attached hydrogens (tertiary/aromatic N) is 2. The highest BCUT2D eigenvalue weighted by Crippen LogP contribution is 2.23. The van der Waals surface area contributed by atoms with Crippen LogP contribution in [-0.4, -0.2) is 39.6 Å².